The molecule has 2 N–H and O–H groups in total. The Morgan fingerprint density at radius 1 is 1.35 bits per heavy atom. The molecule has 0 saturated carbocycles. The molecule has 1 aliphatic heterocycles. The Balaban J connectivity index is 0.00000147. The minimum atomic E-state index is -0.192. The molecular formula is C13H16ClN5O. The summed E-state index contributed by atoms with van der Waals surface area (Å²) >= 11 is 0. The lowest BCUT2D eigenvalue weighted by Gasteiger charge is -2.26. The van der Waals surface area contributed by atoms with Crippen LogP contribution in [0, 0.1) is 0 Å². The number of carbonyl (C=O) groups excluding carboxylic acids is 1. The van der Waals surface area contributed by atoms with E-state index < -0.39 is 0 Å². The molecule has 0 bridgehead atoms. The minimum absolute atomic E-state index is 0. The van der Waals surface area contributed by atoms with Crippen LogP contribution in [-0.4, -0.2) is 34.0 Å². The van der Waals surface area contributed by atoms with Gasteiger partial charge in [-0.05, 0) is 5.56 Å². The highest BCUT2D eigenvalue weighted by molar-refractivity contribution is 5.91. The van der Waals surface area contributed by atoms with Gasteiger partial charge in [-0.2, -0.15) is 0 Å². The largest absolute Gasteiger partial charge is 0.347 e. The Morgan fingerprint density at radius 3 is 2.75 bits per heavy atom. The lowest BCUT2D eigenvalue weighted by molar-refractivity contribution is 0.0946. The standard InChI is InChI=1S/C13H15N5O.ClH/c19-13(15-6-10-4-2-1-3-5-10)12-9-18(17-16-12)11-7-14-8-11;/h1-5,9,11,14H,6-8H2,(H,15,19);1H. The molecule has 0 atom stereocenters. The van der Waals surface area contributed by atoms with E-state index >= 15 is 0 Å². The lowest BCUT2D eigenvalue weighted by Crippen LogP contribution is -2.43. The first-order valence-corrected chi connectivity index (χ1v) is 6.27. The molecule has 0 aliphatic carbocycles. The van der Waals surface area contributed by atoms with Crippen LogP contribution in [-0.2, 0) is 6.54 Å². The van der Waals surface area contributed by atoms with Crippen molar-refractivity contribution in [2.45, 2.75) is 12.6 Å². The number of hydrogen-bond donors (Lipinski definition) is 2. The smallest absolute Gasteiger partial charge is 0.273 e. The Morgan fingerprint density at radius 2 is 2.10 bits per heavy atom. The van der Waals surface area contributed by atoms with E-state index in [1.807, 2.05) is 30.3 Å². The topological polar surface area (TPSA) is 71.8 Å². The first kappa shape index (κ1) is 14.5. The maximum Gasteiger partial charge on any atom is 0.273 e. The van der Waals surface area contributed by atoms with Gasteiger partial charge in [-0.1, -0.05) is 35.5 Å². The summed E-state index contributed by atoms with van der Waals surface area (Å²) in [7, 11) is 0. The third kappa shape index (κ3) is 3.15. The van der Waals surface area contributed by atoms with E-state index in [2.05, 4.69) is 20.9 Å². The number of amides is 1. The van der Waals surface area contributed by atoms with Crippen molar-refractivity contribution in [2.75, 3.05) is 13.1 Å². The van der Waals surface area contributed by atoms with Crippen LogP contribution in [0.15, 0.2) is 36.5 Å². The number of hydrogen-bond acceptors (Lipinski definition) is 4. The van der Waals surface area contributed by atoms with Crippen molar-refractivity contribution < 1.29 is 4.79 Å². The molecule has 1 fully saturated rings. The molecule has 2 aromatic rings. The summed E-state index contributed by atoms with van der Waals surface area (Å²) < 4.78 is 1.74. The van der Waals surface area contributed by atoms with Crippen LogP contribution in [0.5, 0.6) is 0 Å². The third-order valence-electron chi connectivity index (χ3n) is 3.17. The lowest BCUT2D eigenvalue weighted by atomic mass is 10.2. The normalized spacial score (nSPS) is 14.2. The van der Waals surface area contributed by atoms with Crippen LogP contribution in [0.2, 0.25) is 0 Å². The number of benzene rings is 1. The zero-order valence-corrected chi connectivity index (χ0v) is 11.6. The molecule has 6 nitrogen and oxygen atoms in total. The summed E-state index contributed by atoms with van der Waals surface area (Å²) in [6, 6.07) is 10.1. The monoisotopic (exact) mass is 293 g/mol. The van der Waals surface area contributed by atoms with Gasteiger partial charge in [0.15, 0.2) is 5.69 Å². The van der Waals surface area contributed by atoms with Gasteiger partial charge in [0.1, 0.15) is 0 Å². The Labute approximate surface area is 123 Å². The van der Waals surface area contributed by atoms with Gasteiger partial charge in [0.05, 0.1) is 12.2 Å². The van der Waals surface area contributed by atoms with Crippen LogP contribution in [0.1, 0.15) is 22.1 Å². The summed E-state index contributed by atoms with van der Waals surface area (Å²) in [6.45, 7) is 2.26. The average Bonchev–Trinajstić information content (AvgIpc) is 2.84. The summed E-state index contributed by atoms with van der Waals surface area (Å²) in [5.74, 6) is -0.192. The maximum atomic E-state index is 11.9. The van der Waals surface area contributed by atoms with Gasteiger partial charge in [-0.3, -0.25) is 4.79 Å². The second kappa shape index (κ2) is 6.49. The number of rotatable bonds is 4. The van der Waals surface area contributed by atoms with Gasteiger partial charge in [-0.25, -0.2) is 4.68 Å². The molecule has 1 aliphatic rings. The van der Waals surface area contributed by atoms with E-state index in [4.69, 9.17) is 0 Å². The van der Waals surface area contributed by atoms with Crippen LogP contribution in [0.4, 0.5) is 0 Å². The Bertz CT molecular complexity index is 567. The summed E-state index contributed by atoms with van der Waals surface area (Å²) in [6.07, 6.45) is 1.70. The second-order valence-electron chi connectivity index (χ2n) is 4.56. The molecule has 2 heterocycles. The van der Waals surface area contributed by atoms with Crippen molar-refractivity contribution in [3.05, 3.63) is 47.8 Å². The Kier molecular flexibility index (Phi) is 4.70. The minimum Gasteiger partial charge on any atom is -0.347 e. The van der Waals surface area contributed by atoms with E-state index in [0.717, 1.165) is 18.7 Å². The molecule has 1 aromatic carbocycles. The van der Waals surface area contributed by atoms with E-state index in [0.29, 0.717) is 18.3 Å². The fraction of sp³-hybridized carbons (Fsp3) is 0.308. The summed E-state index contributed by atoms with van der Waals surface area (Å²) in [5, 5.41) is 13.9. The highest BCUT2D eigenvalue weighted by Crippen LogP contribution is 2.09. The first-order chi connectivity index (χ1) is 9.33. The highest BCUT2D eigenvalue weighted by atomic mass is 35.5. The number of aromatic nitrogens is 3. The fourth-order valence-electron chi connectivity index (χ4n) is 1.89. The molecule has 106 valence electrons. The van der Waals surface area contributed by atoms with Gasteiger partial charge in [0.25, 0.3) is 5.91 Å². The number of nitrogens with zero attached hydrogens (tertiary/aromatic N) is 3. The number of nitrogens with one attached hydrogen (secondary N) is 2. The fourth-order valence-corrected chi connectivity index (χ4v) is 1.89. The molecular weight excluding hydrogens is 278 g/mol. The quantitative estimate of drug-likeness (QED) is 0.874. The zero-order valence-electron chi connectivity index (χ0n) is 10.8. The number of halogens is 1. The third-order valence-corrected chi connectivity index (χ3v) is 3.17. The van der Waals surface area contributed by atoms with Crippen molar-refractivity contribution in [1.82, 2.24) is 25.6 Å². The predicted octanol–water partition coefficient (Wildman–Crippen LogP) is 0.774. The van der Waals surface area contributed by atoms with E-state index in [1.165, 1.54) is 0 Å². The summed E-state index contributed by atoms with van der Waals surface area (Å²) in [5.41, 5.74) is 1.43. The SMILES string of the molecule is Cl.O=C(NCc1ccccc1)c1cn(C2CNC2)nn1. The molecule has 7 heteroatoms. The van der Waals surface area contributed by atoms with Crippen molar-refractivity contribution in [3.8, 4) is 0 Å². The van der Waals surface area contributed by atoms with E-state index in [1.54, 1.807) is 10.9 Å². The van der Waals surface area contributed by atoms with E-state index in [-0.39, 0.29) is 18.3 Å². The molecule has 20 heavy (non-hydrogen) atoms. The van der Waals surface area contributed by atoms with Gasteiger partial charge < -0.3 is 10.6 Å². The maximum absolute atomic E-state index is 11.9. The van der Waals surface area contributed by atoms with Crippen molar-refractivity contribution in [3.63, 3.8) is 0 Å². The average molecular weight is 294 g/mol. The van der Waals surface area contributed by atoms with Crippen LogP contribution >= 0.6 is 12.4 Å². The molecule has 1 amide bonds. The van der Waals surface area contributed by atoms with Gasteiger partial charge in [-0.15, -0.1) is 17.5 Å². The molecule has 0 radical (unpaired) electrons. The molecule has 0 unspecified atom stereocenters. The summed E-state index contributed by atoms with van der Waals surface area (Å²) in [4.78, 5) is 11.9. The zero-order chi connectivity index (χ0) is 13.1. The van der Waals surface area contributed by atoms with Crippen LogP contribution in [0.3, 0.4) is 0 Å². The van der Waals surface area contributed by atoms with E-state index in [9.17, 15) is 4.79 Å². The van der Waals surface area contributed by atoms with Gasteiger partial charge in [0.2, 0.25) is 0 Å². The number of carbonyl (C=O) groups is 1. The molecule has 1 aromatic heterocycles. The highest BCUT2D eigenvalue weighted by Gasteiger charge is 2.21. The molecule has 3 rings (SSSR count). The van der Waals surface area contributed by atoms with Crippen LogP contribution < -0.4 is 10.6 Å². The molecule has 0 spiro atoms. The van der Waals surface area contributed by atoms with Crippen molar-refractivity contribution >= 4 is 18.3 Å². The van der Waals surface area contributed by atoms with Crippen LogP contribution in [0.25, 0.3) is 0 Å². The second-order valence-corrected chi connectivity index (χ2v) is 4.56. The Hall–Kier alpha value is -1.92. The first-order valence-electron chi connectivity index (χ1n) is 6.27. The van der Waals surface area contributed by atoms with Crippen molar-refractivity contribution in [1.29, 1.82) is 0 Å². The van der Waals surface area contributed by atoms with Crippen molar-refractivity contribution in [2.24, 2.45) is 0 Å². The van der Waals surface area contributed by atoms with Gasteiger partial charge >= 0.3 is 0 Å². The predicted molar refractivity (Wildman–Crippen MR) is 76.8 cm³/mol. The molecule has 1 saturated heterocycles. The van der Waals surface area contributed by atoms with Gasteiger partial charge in [0, 0.05) is 19.6 Å².